The maximum atomic E-state index is 5.64. The minimum Gasteiger partial charge on any atom is -0.496 e. The van der Waals surface area contributed by atoms with Gasteiger partial charge in [0.2, 0.25) is 0 Å². The number of H-pyrrole nitrogens is 1. The lowest BCUT2D eigenvalue weighted by molar-refractivity contribution is -0.870. The van der Waals surface area contributed by atoms with Crippen molar-refractivity contribution in [2.75, 3.05) is 14.2 Å². The van der Waals surface area contributed by atoms with Gasteiger partial charge < -0.3 is 9.57 Å². The zero-order valence-electron chi connectivity index (χ0n) is 14.1. The first-order valence-electron chi connectivity index (χ1n) is 8.13. The Hall–Kier alpha value is -2.14. The van der Waals surface area contributed by atoms with Gasteiger partial charge in [0.25, 0.3) is 0 Å². The van der Waals surface area contributed by atoms with Crippen LogP contribution in [0.1, 0.15) is 18.5 Å². The number of fused-ring (bicyclic) bond motifs is 1. The van der Waals surface area contributed by atoms with Gasteiger partial charge >= 0.3 is 5.65 Å². The molecule has 1 aromatic carbocycles. The van der Waals surface area contributed by atoms with Crippen molar-refractivity contribution in [2.45, 2.75) is 29.9 Å². The average Bonchev–Trinajstić information content (AvgIpc) is 3.27. The van der Waals surface area contributed by atoms with E-state index in [1.165, 1.54) is 17.7 Å². The highest BCUT2D eigenvalue weighted by Crippen LogP contribution is 2.43. The minimum atomic E-state index is 0.784. The maximum Gasteiger partial charge on any atom is 0.326 e. The smallest absolute Gasteiger partial charge is 0.326 e. The summed E-state index contributed by atoms with van der Waals surface area (Å²) in [6.07, 6.45) is 4.59. The minimum absolute atomic E-state index is 0.784. The Morgan fingerprint density at radius 2 is 1.96 bits per heavy atom. The Balaban J connectivity index is 1.91. The van der Waals surface area contributed by atoms with E-state index in [0.29, 0.717) is 0 Å². The van der Waals surface area contributed by atoms with Crippen LogP contribution in [-0.2, 0) is 0 Å². The number of thioether (sulfide) groups is 1. The summed E-state index contributed by atoms with van der Waals surface area (Å²) in [5.74, 6) is 0.896. The number of rotatable bonds is 5. The van der Waals surface area contributed by atoms with E-state index in [0.717, 1.165) is 38.9 Å². The first-order valence-corrected chi connectivity index (χ1v) is 9.01. The van der Waals surface area contributed by atoms with E-state index in [2.05, 4.69) is 35.3 Å². The first kappa shape index (κ1) is 15.4. The lowest BCUT2D eigenvalue weighted by atomic mass is 10.0. The van der Waals surface area contributed by atoms with Gasteiger partial charge in [-0.05, 0) is 47.9 Å². The van der Waals surface area contributed by atoms with Crippen molar-refractivity contribution in [3.8, 4) is 16.9 Å². The van der Waals surface area contributed by atoms with Crippen LogP contribution in [0.3, 0.4) is 0 Å². The largest absolute Gasteiger partial charge is 0.496 e. The summed E-state index contributed by atoms with van der Waals surface area (Å²) in [7, 11) is 3.41. The van der Waals surface area contributed by atoms with Gasteiger partial charge in [-0.1, -0.05) is 0 Å². The molecule has 1 saturated carbocycles. The van der Waals surface area contributed by atoms with Crippen LogP contribution in [0.15, 0.2) is 41.4 Å². The van der Waals surface area contributed by atoms with Crippen LogP contribution >= 0.6 is 11.8 Å². The normalized spacial score (nSPS) is 14.1. The van der Waals surface area contributed by atoms with Gasteiger partial charge in [-0.25, -0.2) is 4.98 Å². The highest BCUT2D eigenvalue weighted by atomic mass is 32.2. The summed E-state index contributed by atoms with van der Waals surface area (Å²) < 4.78 is 7.45. The number of benzene rings is 1. The molecule has 1 aliphatic carbocycles. The Morgan fingerprint density at radius 3 is 2.67 bits per heavy atom. The van der Waals surface area contributed by atoms with Crippen molar-refractivity contribution >= 4 is 22.8 Å². The predicted octanol–water partition coefficient (Wildman–Crippen LogP) is 3.75. The van der Waals surface area contributed by atoms with Crippen molar-refractivity contribution in [1.82, 2.24) is 4.98 Å². The number of aryl methyl sites for hydroxylation is 1. The number of aromatic nitrogens is 2. The summed E-state index contributed by atoms with van der Waals surface area (Å²) in [4.78, 5) is 10.1. The van der Waals surface area contributed by atoms with Gasteiger partial charge in [-0.15, -0.1) is 11.8 Å². The molecule has 1 aliphatic rings. The van der Waals surface area contributed by atoms with Crippen molar-refractivity contribution < 1.29 is 14.3 Å². The van der Waals surface area contributed by atoms with Gasteiger partial charge in [0.1, 0.15) is 18.6 Å². The summed E-state index contributed by atoms with van der Waals surface area (Å²) in [6.45, 7) is 2.04. The lowest BCUT2D eigenvalue weighted by Gasteiger charge is -2.13. The van der Waals surface area contributed by atoms with E-state index in [4.69, 9.17) is 9.57 Å². The van der Waals surface area contributed by atoms with E-state index in [1.54, 1.807) is 14.2 Å². The number of aromatic amines is 1. The molecule has 124 valence electrons. The summed E-state index contributed by atoms with van der Waals surface area (Å²) in [5, 5.41) is 1.90. The second-order valence-electron chi connectivity index (χ2n) is 6.10. The van der Waals surface area contributed by atoms with Crippen molar-refractivity contribution in [1.29, 1.82) is 0 Å². The Kier molecular flexibility index (Phi) is 3.88. The van der Waals surface area contributed by atoms with E-state index in [-0.39, 0.29) is 0 Å². The fourth-order valence-electron chi connectivity index (χ4n) is 3.07. The number of methoxy groups -OCH3 is 1. The molecule has 0 radical (unpaired) electrons. The van der Waals surface area contributed by atoms with Gasteiger partial charge in [-0.2, -0.15) is 0 Å². The fraction of sp³-hybridized carbons (Fsp3) is 0.316. The third kappa shape index (κ3) is 2.63. The highest BCUT2D eigenvalue weighted by Gasteiger charge is 2.24. The molecule has 2 heterocycles. The third-order valence-corrected chi connectivity index (χ3v) is 5.69. The van der Waals surface area contributed by atoms with E-state index in [9.17, 15) is 0 Å². The van der Waals surface area contributed by atoms with Crippen molar-refractivity contribution in [3.63, 3.8) is 0 Å². The number of hydrogen-bond donors (Lipinski definition) is 1. The molecule has 1 N–H and O–H groups in total. The van der Waals surface area contributed by atoms with Crippen molar-refractivity contribution in [3.05, 3.63) is 42.2 Å². The number of nitrogens with zero attached hydrogens (tertiary/aromatic N) is 1. The Morgan fingerprint density at radius 1 is 1.12 bits per heavy atom. The van der Waals surface area contributed by atoms with Crippen LogP contribution in [-0.4, -0.2) is 24.5 Å². The first-order chi connectivity index (χ1) is 11.7. The molecule has 0 spiro atoms. The second kappa shape index (κ2) is 6.06. The number of ether oxygens (including phenoxy) is 1. The maximum absolute atomic E-state index is 5.64. The fourth-order valence-corrected chi connectivity index (χ4v) is 4.16. The Labute approximate surface area is 145 Å². The zero-order chi connectivity index (χ0) is 16.7. The molecule has 0 aliphatic heterocycles. The molecule has 0 amide bonds. The second-order valence-corrected chi connectivity index (χ2v) is 7.47. The van der Waals surface area contributed by atoms with Crippen LogP contribution in [0.2, 0.25) is 0 Å². The van der Waals surface area contributed by atoms with Crippen molar-refractivity contribution in [2.24, 2.45) is 0 Å². The summed E-state index contributed by atoms with van der Waals surface area (Å²) in [5.41, 5.74) is 4.27. The van der Waals surface area contributed by atoms with Crippen LogP contribution in [0.4, 0.5) is 0 Å². The molecule has 0 bridgehead atoms. The number of pyridine rings is 1. The molecular weight excluding hydrogens is 320 g/mol. The molecule has 4 rings (SSSR count). The monoisotopic (exact) mass is 341 g/mol. The van der Waals surface area contributed by atoms with Gasteiger partial charge in [-0.3, -0.25) is 0 Å². The number of hydrogen-bond acceptors (Lipinski definition) is 3. The summed E-state index contributed by atoms with van der Waals surface area (Å²) in [6, 6.07) is 10.7. The van der Waals surface area contributed by atoms with E-state index < -0.39 is 0 Å². The van der Waals surface area contributed by atoms with Gasteiger partial charge in [0.05, 0.1) is 18.7 Å². The van der Waals surface area contributed by atoms with Crippen LogP contribution < -0.4 is 14.3 Å². The Bertz CT molecular complexity index is 900. The SMILES string of the molecule is COc1ccc(SC2CC2)cc1-c1cc(C)[n+](OC)c2[nH]ccc12. The molecule has 3 aromatic rings. The molecule has 0 saturated heterocycles. The molecule has 1 fully saturated rings. The molecule has 2 aromatic heterocycles. The summed E-state index contributed by atoms with van der Waals surface area (Å²) >= 11 is 1.96. The molecular formula is C19H21N2O2S+. The lowest BCUT2D eigenvalue weighted by Crippen LogP contribution is -2.44. The van der Waals surface area contributed by atoms with Gasteiger partial charge in [0, 0.05) is 28.2 Å². The molecule has 0 unspecified atom stereocenters. The van der Waals surface area contributed by atoms with E-state index >= 15 is 0 Å². The molecule has 0 atom stereocenters. The van der Waals surface area contributed by atoms with Crippen LogP contribution in [0.5, 0.6) is 5.75 Å². The highest BCUT2D eigenvalue weighted by molar-refractivity contribution is 8.00. The molecule has 4 nitrogen and oxygen atoms in total. The molecule has 5 heteroatoms. The van der Waals surface area contributed by atoms with Crippen LogP contribution in [0, 0.1) is 6.92 Å². The quantitative estimate of drug-likeness (QED) is 0.718. The standard InChI is InChI=1S/C19H20N2O2S/c1-12-10-16(15-8-9-20-19(15)21(12)23-3)17-11-14(24-13-4-5-13)6-7-18(17)22-2/h6-11,13H,4-5H2,1-3H3/p+1. The third-order valence-electron chi connectivity index (χ3n) is 4.36. The van der Waals surface area contributed by atoms with E-state index in [1.807, 2.05) is 29.6 Å². The molecule has 24 heavy (non-hydrogen) atoms. The number of nitrogens with one attached hydrogen (secondary N) is 1. The predicted molar refractivity (Wildman–Crippen MR) is 96.6 cm³/mol. The van der Waals surface area contributed by atoms with Crippen LogP contribution in [0.25, 0.3) is 22.2 Å². The average molecular weight is 341 g/mol. The topological polar surface area (TPSA) is 38.1 Å². The zero-order valence-corrected chi connectivity index (χ0v) is 14.9. The van der Waals surface area contributed by atoms with Gasteiger partial charge in [0.15, 0.2) is 0 Å².